The van der Waals surface area contributed by atoms with Crippen LogP contribution in [0.4, 0.5) is 22.0 Å². The molecule has 0 bridgehead atoms. The summed E-state index contributed by atoms with van der Waals surface area (Å²) in [6.45, 7) is 3.88. The highest BCUT2D eigenvalue weighted by Gasteiger charge is 2.44. The highest BCUT2D eigenvalue weighted by molar-refractivity contribution is 8.05. The first kappa shape index (κ1) is 42.4. The molecule has 21 heteroatoms. The van der Waals surface area contributed by atoms with Crippen molar-refractivity contribution in [1.82, 2.24) is 9.78 Å². The number of hydrogen-bond donors (Lipinski definition) is 0. The molecule has 1 atom stereocenters. The molecule has 294 valence electrons. The molecule has 0 radical (unpaired) electrons. The summed E-state index contributed by atoms with van der Waals surface area (Å²) in [5.74, 6) is -4.19. The molecule has 1 saturated carbocycles. The van der Waals surface area contributed by atoms with E-state index in [1.165, 1.54) is 26.0 Å². The number of ether oxygens (including phenoxy) is 2. The van der Waals surface area contributed by atoms with E-state index in [1.807, 2.05) is 0 Å². The Labute approximate surface area is 307 Å². The number of alkyl halides is 5. The summed E-state index contributed by atoms with van der Waals surface area (Å²) in [6, 6.07) is 2.54. The van der Waals surface area contributed by atoms with Crippen LogP contribution in [0.2, 0.25) is 5.02 Å². The van der Waals surface area contributed by atoms with E-state index >= 15 is 0 Å². The second-order valence-electron chi connectivity index (χ2n) is 13.3. The van der Waals surface area contributed by atoms with Gasteiger partial charge in [-0.15, -0.1) is 0 Å². The molecule has 0 amide bonds. The molecule has 2 aromatic rings. The van der Waals surface area contributed by atoms with Crippen molar-refractivity contribution in [3.63, 3.8) is 0 Å². The van der Waals surface area contributed by atoms with E-state index in [-0.39, 0.29) is 59.6 Å². The van der Waals surface area contributed by atoms with Crippen LogP contribution < -0.4 is 0 Å². The van der Waals surface area contributed by atoms with Gasteiger partial charge in [-0.1, -0.05) is 16.8 Å². The number of aryl methyl sites for hydroxylation is 1. The minimum atomic E-state index is -5.07. The van der Waals surface area contributed by atoms with Gasteiger partial charge in [0.25, 0.3) is 6.43 Å². The third-order valence-corrected chi connectivity index (χ3v) is 11.7. The molecular formula is C32H37ClF5N3O10S2. The third kappa shape index (κ3) is 10.1. The Morgan fingerprint density at radius 3 is 2.25 bits per heavy atom. The molecule has 0 spiro atoms. The van der Waals surface area contributed by atoms with Crippen LogP contribution in [0.5, 0.6) is 0 Å². The minimum Gasteiger partial charge on any atom is -0.389 e. The average molecular weight is 818 g/mol. The molecule has 53 heavy (non-hydrogen) atoms. The van der Waals surface area contributed by atoms with Crippen molar-refractivity contribution in [1.29, 1.82) is 0 Å². The summed E-state index contributed by atoms with van der Waals surface area (Å²) >= 11 is 6.41. The zero-order valence-electron chi connectivity index (χ0n) is 29.0. The Morgan fingerprint density at radius 1 is 1.09 bits per heavy atom. The first-order valence-electron chi connectivity index (χ1n) is 16.1. The van der Waals surface area contributed by atoms with Crippen LogP contribution in [0.1, 0.15) is 91.7 Å². The van der Waals surface area contributed by atoms with Gasteiger partial charge in [0, 0.05) is 55.9 Å². The van der Waals surface area contributed by atoms with Crippen LogP contribution in [-0.4, -0.2) is 80.2 Å². The SMILES string of the molecule is CS(=O)(=O)c1ccc(C(=O)C2C(=O)CCCC2=O)c(Cl)c1COCC1CCCO1.Cn1nc(C(F)(F)F)c(CS(=O)(=O)C2=NOC(C)(C)C2)c1C(F)F. The maximum absolute atomic E-state index is 13.1. The Bertz CT molecular complexity index is 1990. The van der Waals surface area contributed by atoms with Crippen molar-refractivity contribution < 1.29 is 67.5 Å². The number of carbonyl (C=O) groups excluding carboxylic acids is 3. The number of hydrogen-bond acceptors (Lipinski definition) is 12. The van der Waals surface area contributed by atoms with Crippen molar-refractivity contribution in [2.24, 2.45) is 18.1 Å². The van der Waals surface area contributed by atoms with Gasteiger partial charge in [-0.05, 0) is 45.2 Å². The van der Waals surface area contributed by atoms with Gasteiger partial charge in [-0.25, -0.2) is 25.6 Å². The molecule has 1 unspecified atom stereocenters. The molecule has 1 saturated heterocycles. The Hall–Kier alpha value is -3.33. The number of rotatable bonds is 10. The van der Waals surface area contributed by atoms with E-state index in [1.54, 1.807) is 0 Å². The fraction of sp³-hybridized carbons (Fsp3) is 0.594. The van der Waals surface area contributed by atoms with Crippen molar-refractivity contribution in [2.75, 3.05) is 19.5 Å². The minimum absolute atomic E-state index is 0.0385. The zero-order valence-corrected chi connectivity index (χ0v) is 31.4. The quantitative estimate of drug-likeness (QED) is 0.171. The molecule has 5 rings (SSSR count). The van der Waals surface area contributed by atoms with Crippen molar-refractivity contribution >= 4 is 53.7 Å². The van der Waals surface area contributed by atoms with Crippen molar-refractivity contribution in [2.45, 2.75) is 93.9 Å². The van der Waals surface area contributed by atoms with E-state index in [4.69, 9.17) is 25.9 Å². The van der Waals surface area contributed by atoms with Gasteiger partial charge in [-0.2, -0.15) is 18.3 Å². The second kappa shape index (κ2) is 16.2. The van der Waals surface area contributed by atoms with Gasteiger partial charge in [0.15, 0.2) is 47.8 Å². The standard InChI is InChI=1S/C20H23ClO7S.C12H14F5N3O3S/c1-29(25,26)17-8-7-13(20(24)18-15(22)5-2-6-16(18)23)19(21)14(17)11-27-10-12-4-3-9-28-12;1-11(2)4-7(19-23-11)24(21,22)5-6-8(10(13)14)20(3)18-9(6)12(15,16)17/h7-8,12,18H,2-6,9-11H2,1H3;10H,4-5H2,1-3H3. The number of sulfone groups is 2. The molecule has 1 aromatic carbocycles. The van der Waals surface area contributed by atoms with Crippen LogP contribution in [0, 0.1) is 5.92 Å². The molecule has 13 nitrogen and oxygen atoms in total. The predicted molar refractivity (Wildman–Crippen MR) is 178 cm³/mol. The number of Topliss-reactive ketones (excluding diaryl/α,β-unsaturated/α-hetero) is 3. The normalized spacial score (nSPS) is 19.6. The number of ketones is 3. The Balaban J connectivity index is 0.000000241. The molecule has 0 N–H and O–H groups in total. The van der Waals surface area contributed by atoms with E-state index in [0.717, 1.165) is 26.1 Å². The van der Waals surface area contributed by atoms with E-state index < -0.39 is 88.9 Å². The van der Waals surface area contributed by atoms with Crippen LogP contribution in [0.3, 0.4) is 0 Å². The summed E-state index contributed by atoms with van der Waals surface area (Å²) in [5, 5.41) is 5.80. The number of aromatic nitrogens is 2. The number of halogens is 6. The van der Waals surface area contributed by atoms with Gasteiger partial charge in [-0.3, -0.25) is 19.1 Å². The lowest BCUT2D eigenvalue weighted by Gasteiger charge is -2.20. The van der Waals surface area contributed by atoms with Crippen LogP contribution in [0.25, 0.3) is 0 Å². The van der Waals surface area contributed by atoms with Gasteiger partial charge >= 0.3 is 6.18 Å². The van der Waals surface area contributed by atoms with Gasteiger partial charge in [0.05, 0.1) is 35.0 Å². The number of nitrogens with zero attached hydrogens (tertiary/aromatic N) is 3. The Morgan fingerprint density at radius 2 is 1.74 bits per heavy atom. The lowest BCUT2D eigenvalue weighted by atomic mass is 9.81. The lowest BCUT2D eigenvalue weighted by Crippen LogP contribution is -2.35. The number of oxime groups is 1. The molecule has 3 aliphatic rings. The van der Waals surface area contributed by atoms with Crippen LogP contribution >= 0.6 is 11.6 Å². The first-order chi connectivity index (χ1) is 24.4. The monoisotopic (exact) mass is 817 g/mol. The maximum Gasteiger partial charge on any atom is 0.435 e. The molecule has 2 aliphatic heterocycles. The van der Waals surface area contributed by atoms with Crippen molar-refractivity contribution in [3.05, 3.63) is 45.2 Å². The summed E-state index contributed by atoms with van der Waals surface area (Å²) in [7, 11) is -7.11. The van der Waals surface area contributed by atoms with E-state index in [2.05, 4.69) is 10.3 Å². The smallest absolute Gasteiger partial charge is 0.389 e. The number of carbonyl (C=O) groups is 3. The number of benzene rings is 1. The molecule has 2 fully saturated rings. The average Bonchev–Trinajstić information content (AvgIpc) is 3.76. The van der Waals surface area contributed by atoms with Crippen LogP contribution in [0.15, 0.2) is 22.2 Å². The highest BCUT2D eigenvalue weighted by Crippen LogP contribution is 2.38. The summed E-state index contributed by atoms with van der Waals surface area (Å²) < 4.78 is 126. The highest BCUT2D eigenvalue weighted by atomic mass is 35.5. The maximum atomic E-state index is 13.1. The lowest BCUT2D eigenvalue weighted by molar-refractivity contribution is -0.142. The van der Waals surface area contributed by atoms with Crippen molar-refractivity contribution in [3.8, 4) is 0 Å². The zero-order chi connectivity index (χ0) is 39.7. The molecule has 3 heterocycles. The predicted octanol–water partition coefficient (Wildman–Crippen LogP) is 5.36. The summed E-state index contributed by atoms with van der Waals surface area (Å²) in [4.78, 5) is 42.0. The summed E-state index contributed by atoms with van der Waals surface area (Å²) in [5.41, 5.74) is -4.65. The van der Waals surface area contributed by atoms with Gasteiger partial charge in [0.1, 0.15) is 17.2 Å². The topological polar surface area (TPSA) is 177 Å². The largest absolute Gasteiger partial charge is 0.435 e. The van der Waals surface area contributed by atoms with E-state index in [9.17, 15) is 53.2 Å². The fourth-order valence-electron chi connectivity index (χ4n) is 5.96. The molecule has 1 aliphatic carbocycles. The summed E-state index contributed by atoms with van der Waals surface area (Å²) in [6.07, 6.45) is -5.00. The third-order valence-electron chi connectivity index (χ3n) is 8.53. The molecular weight excluding hydrogens is 781 g/mol. The van der Waals surface area contributed by atoms with E-state index in [0.29, 0.717) is 17.7 Å². The van der Waals surface area contributed by atoms with Crippen LogP contribution in [-0.2, 0) is 69.2 Å². The first-order valence-corrected chi connectivity index (χ1v) is 20.1. The molecule has 1 aromatic heterocycles. The second-order valence-corrected chi connectivity index (χ2v) is 17.7. The Kier molecular flexibility index (Phi) is 13.0. The van der Waals surface area contributed by atoms with Gasteiger partial charge in [0.2, 0.25) is 0 Å². The van der Waals surface area contributed by atoms with Gasteiger partial charge < -0.3 is 14.3 Å². The fourth-order valence-corrected chi connectivity index (χ4v) is 8.81.